The van der Waals surface area contributed by atoms with Crippen LogP contribution in [0.5, 0.6) is 0 Å². The van der Waals surface area contributed by atoms with Gasteiger partial charge in [-0.3, -0.25) is 67.5 Å². The van der Waals surface area contributed by atoms with Gasteiger partial charge >= 0.3 is 17.9 Å². The van der Waals surface area contributed by atoms with Gasteiger partial charge in [0.1, 0.15) is 54.4 Å². The molecule has 38 heteroatoms. The van der Waals surface area contributed by atoms with Crippen LogP contribution in [0, 0.1) is 5.92 Å². The molecule has 38 nitrogen and oxygen atoms in total. The zero-order chi connectivity index (χ0) is 70.2. The molecule has 2 heterocycles. The van der Waals surface area contributed by atoms with Gasteiger partial charge < -0.3 is 118 Å². The first-order valence-corrected chi connectivity index (χ1v) is 29.9. The molecular formula is C56H87N21O17. The van der Waals surface area contributed by atoms with Crippen LogP contribution < -0.4 is 88.0 Å². The van der Waals surface area contributed by atoms with Crippen molar-refractivity contribution >= 4 is 99.8 Å². The lowest BCUT2D eigenvalue weighted by atomic mass is 9.99. The quantitative estimate of drug-likeness (QED) is 0.0142. The van der Waals surface area contributed by atoms with E-state index in [2.05, 4.69) is 72.8 Å². The summed E-state index contributed by atoms with van der Waals surface area (Å²) in [6.45, 7) is 2.16. The van der Waals surface area contributed by atoms with Crippen molar-refractivity contribution in [3.8, 4) is 0 Å². The lowest BCUT2D eigenvalue weighted by Gasteiger charge is -2.28. The second kappa shape index (κ2) is 39.7. The Bertz CT molecular complexity index is 3150. The number of nitrogens with two attached hydrogens (primary N) is 7. The maximum absolute atomic E-state index is 14.5. The number of guanidine groups is 2. The first-order valence-electron chi connectivity index (χ1n) is 29.9. The van der Waals surface area contributed by atoms with E-state index in [0.29, 0.717) is 29.3 Å². The minimum absolute atomic E-state index is 0.00869. The second-order valence-electron chi connectivity index (χ2n) is 21.9. The number of aliphatic hydroxyl groups excluding tert-OH is 1. The summed E-state index contributed by atoms with van der Waals surface area (Å²) in [5.74, 6) is -17.0. The molecule has 1 aromatic carbocycles. The number of amides is 10. The van der Waals surface area contributed by atoms with Crippen molar-refractivity contribution in [2.24, 2.45) is 56.0 Å². The Hall–Kier alpha value is -10.5. The number of imidazole rings is 1. The Morgan fingerprint density at radius 1 is 0.532 bits per heavy atom. The molecule has 29 N–H and O–H groups in total. The monoisotopic (exact) mass is 1330 g/mol. The van der Waals surface area contributed by atoms with Gasteiger partial charge in [0.2, 0.25) is 59.1 Å². The van der Waals surface area contributed by atoms with Crippen LogP contribution in [0.4, 0.5) is 0 Å². The van der Waals surface area contributed by atoms with Gasteiger partial charge in [0, 0.05) is 54.9 Å². The maximum Gasteiger partial charge on any atom is 0.326 e. The maximum atomic E-state index is 14.5. The fourth-order valence-corrected chi connectivity index (χ4v) is 9.18. The van der Waals surface area contributed by atoms with Gasteiger partial charge in [-0.05, 0) is 69.0 Å². The predicted molar refractivity (Wildman–Crippen MR) is 335 cm³/mol. The Labute approximate surface area is 538 Å². The molecule has 0 aliphatic rings. The third-order valence-corrected chi connectivity index (χ3v) is 14.5. The number of aromatic nitrogens is 3. The summed E-state index contributed by atoms with van der Waals surface area (Å²) in [6.07, 6.45) is 0.603. The highest BCUT2D eigenvalue weighted by Gasteiger charge is 2.37. The number of nitrogens with zero attached hydrogens (tertiary/aromatic N) is 3. The van der Waals surface area contributed by atoms with Crippen molar-refractivity contribution in [1.29, 1.82) is 0 Å². The number of para-hydroxylation sites is 1. The van der Waals surface area contributed by atoms with E-state index < -0.39 is 163 Å². The number of carbonyl (C=O) groups is 13. The van der Waals surface area contributed by atoms with E-state index in [-0.39, 0.29) is 94.5 Å². The zero-order valence-electron chi connectivity index (χ0n) is 51.9. The number of hydrogen-bond acceptors (Lipinski definition) is 19. The molecule has 0 bridgehead atoms. The van der Waals surface area contributed by atoms with Crippen LogP contribution in [0.25, 0.3) is 10.9 Å². The number of rotatable bonds is 44. The van der Waals surface area contributed by atoms with Gasteiger partial charge in [-0.25, -0.2) is 9.78 Å². The molecule has 0 saturated carbocycles. The number of carbonyl (C=O) groups excluding carboxylic acids is 10. The number of carboxylic acids is 3. The Kier molecular flexibility index (Phi) is 32.8. The highest BCUT2D eigenvalue weighted by Crippen LogP contribution is 2.20. The number of hydrogen-bond donors (Lipinski definition) is 22. The van der Waals surface area contributed by atoms with E-state index in [4.69, 9.17) is 40.1 Å². The van der Waals surface area contributed by atoms with E-state index in [1.807, 2.05) is 0 Å². The number of aliphatic imine (C=N–C) groups is 2. The molecule has 11 atom stereocenters. The van der Waals surface area contributed by atoms with Crippen molar-refractivity contribution in [2.75, 3.05) is 26.2 Å². The van der Waals surface area contributed by atoms with Crippen LogP contribution in [0.1, 0.15) is 95.7 Å². The molecule has 10 amide bonds. The van der Waals surface area contributed by atoms with Crippen LogP contribution in [0.15, 0.2) is 53.0 Å². The summed E-state index contributed by atoms with van der Waals surface area (Å²) in [5, 5.41) is 61.8. The highest BCUT2D eigenvalue weighted by molar-refractivity contribution is 6.00. The van der Waals surface area contributed by atoms with E-state index in [9.17, 15) is 82.8 Å². The predicted octanol–water partition coefficient (Wildman–Crippen LogP) is -7.45. The summed E-state index contributed by atoms with van der Waals surface area (Å²) in [5.41, 5.74) is 40.1. The van der Waals surface area contributed by atoms with E-state index in [1.54, 1.807) is 38.1 Å². The van der Waals surface area contributed by atoms with Crippen molar-refractivity contribution in [2.45, 2.75) is 158 Å². The topological polar surface area (TPSA) is 662 Å². The smallest absolute Gasteiger partial charge is 0.326 e. The number of nitrogens with one attached hydrogen (secondary N) is 11. The molecule has 2 aromatic heterocycles. The van der Waals surface area contributed by atoms with Gasteiger partial charge in [0.15, 0.2) is 11.9 Å². The molecular weight excluding hydrogens is 1240 g/mol. The number of primary amides is 1. The number of aliphatic carboxylic acids is 3. The summed E-state index contributed by atoms with van der Waals surface area (Å²) in [7, 11) is 0. The average Bonchev–Trinajstić information content (AvgIpc) is 1.62. The Morgan fingerprint density at radius 3 is 1.40 bits per heavy atom. The molecule has 94 heavy (non-hydrogen) atoms. The number of carboxylic acid groups (broad SMARTS) is 3. The normalized spacial score (nSPS) is 14.5. The first-order chi connectivity index (χ1) is 44.5. The molecule has 0 radical (unpaired) electrons. The standard InChI is InChI=1S/C56H87N21O17/c1-3-27(2)44(59)53(92)75-38(22-43(82)83)51(90)69-32(12-6-7-15-57)45(84)72-35(18-28-23-67-31-11-5-4-10-30(28)31)48(87)77-40(25-78)52(91)74-37(21-42(80)81)50(89)71-33(13-8-16-65-55(60)61)46(85)73-36(19-29-24-64-26-68-29)49(88)70-34(14-9-17-66-56(62)63)47(86)76-39(54(93)94)20-41(58)79/h4-5,10-11,23-24,26-27,32-40,44,67,78H,3,6-9,12-22,25,57,59H2,1-2H3,(H2,58,79)(H,64,68)(H,69,90)(H,70,88)(H,71,89)(H,72,84)(H,73,85)(H,74,91)(H,75,92)(H,76,86)(H,77,87)(H,80,81)(H,82,83)(H,93,94)(H4,60,61,65)(H4,62,63,66)/t27-,32-,33-,34-,35-,36-,37-,38-,39-,40-,44-/m0/s1. The van der Waals surface area contributed by atoms with Crippen LogP contribution in [-0.4, -0.2) is 211 Å². The number of benzene rings is 1. The van der Waals surface area contributed by atoms with Crippen molar-refractivity contribution in [1.82, 2.24) is 62.8 Å². The van der Waals surface area contributed by atoms with Crippen LogP contribution in [-0.2, 0) is 75.2 Å². The number of fused-ring (bicyclic) bond motifs is 1. The van der Waals surface area contributed by atoms with Gasteiger partial charge in [0.05, 0.1) is 38.2 Å². The number of unbranched alkanes of at least 4 members (excludes halogenated alkanes) is 1. The third-order valence-electron chi connectivity index (χ3n) is 14.5. The molecule has 3 rings (SSSR count). The van der Waals surface area contributed by atoms with Gasteiger partial charge in [0.25, 0.3) is 0 Å². The Balaban J connectivity index is 2.01. The molecule has 518 valence electrons. The molecule has 0 aliphatic carbocycles. The molecule has 0 aliphatic heterocycles. The fraction of sp³-hybridized carbons (Fsp3) is 0.536. The third kappa shape index (κ3) is 27.1. The summed E-state index contributed by atoms with van der Waals surface area (Å²) in [4.78, 5) is 192. The molecule has 3 aromatic rings. The molecule has 0 saturated heterocycles. The summed E-state index contributed by atoms with van der Waals surface area (Å²) in [6, 6.07) is -10.1. The summed E-state index contributed by atoms with van der Waals surface area (Å²) < 4.78 is 0. The SMILES string of the molecule is CC[C@H](C)[C@H](N)C(=O)N[C@@H](CC(=O)O)C(=O)N[C@@H](CCCCN)C(=O)N[C@@H](Cc1c[nH]c2ccccc12)C(=O)N[C@@H](CO)C(=O)N[C@@H](CC(=O)O)C(=O)N[C@@H](CCCN=C(N)N)C(=O)N[C@@H](Cc1cnc[nH]1)C(=O)N[C@@H](CCCN=C(N)N)C(=O)N[C@@H](CC(N)=O)C(=O)O. The fourth-order valence-electron chi connectivity index (χ4n) is 9.18. The van der Waals surface area contributed by atoms with E-state index in [1.165, 1.54) is 18.7 Å². The lowest BCUT2D eigenvalue weighted by molar-refractivity contribution is -0.144. The van der Waals surface area contributed by atoms with Crippen molar-refractivity contribution in [3.63, 3.8) is 0 Å². The van der Waals surface area contributed by atoms with Crippen LogP contribution in [0.2, 0.25) is 0 Å². The second-order valence-corrected chi connectivity index (χ2v) is 21.9. The average molecular weight is 1330 g/mol. The number of aromatic amines is 2. The molecule has 0 spiro atoms. The highest BCUT2D eigenvalue weighted by atomic mass is 16.4. The zero-order valence-corrected chi connectivity index (χ0v) is 51.9. The largest absolute Gasteiger partial charge is 0.481 e. The molecule has 0 fully saturated rings. The number of H-pyrrole nitrogens is 2. The first kappa shape index (κ1) is 77.7. The lowest BCUT2D eigenvalue weighted by Crippen LogP contribution is -2.61. The van der Waals surface area contributed by atoms with Gasteiger partial charge in [-0.1, -0.05) is 38.5 Å². The van der Waals surface area contributed by atoms with E-state index >= 15 is 0 Å². The van der Waals surface area contributed by atoms with Crippen molar-refractivity contribution in [3.05, 3.63) is 54.2 Å². The minimum Gasteiger partial charge on any atom is -0.481 e. The summed E-state index contributed by atoms with van der Waals surface area (Å²) >= 11 is 0. The van der Waals surface area contributed by atoms with Crippen molar-refractivity contribution < 1.29 is 82.8 Å². The molecule has 0 unspecified atom stereocenters. The van der Waals surface area contributed by atoms with E-state index in [0.717, 1.165) is 0 Å². The van der Waals surface area contributed by atoms with Gasteiger partial charge in [-0.2, -0.15) is 0 Å². The van der Waals surface area contributed by atoms with Gasteiger partial charge in [-0.15, -0.1) is 0 Å². The van der Waals surface area contributed by atoms with Crippen LogP contribution in [0.3, 0.4) is 0 Å². The van der Waals surface area contributed by atoms with Crippen LogP contribution >= 0.6 is 0 Å². The minimum atomic E-state index is -2.10. The Morgan fingerprint density at radius 2 is 0.957 bits per heavy atom. The number of aliphatic hydroxyl groups is 1.